The molecule has 1 unspecified atom stereocenters. The van der Waals surface area contributed by atoms with Crippen molar-refractivity contribution < 1.29 is 8.85 Å². The Morgan fingerprint density at radius 3 is 2.44 bits per heavy atom. The Hall–Kier alpha value is -0.643. The highest BCUT2D eigenvalue weighted by molar-refractivity contribution is 6.18. The Kier molecular flexibility index (Phi) is 5.73. The zero-order valence-corrected chi connectivity index (χ0v) is 11.9. The van der Waals surface area contributed by atoms with Crippen LogP contribution in [0.3, 0.4) is 0 Å². The number of rotatable bonds is 7. The quantitative estimate of drug-likeness (QED) is 0.537. The third-order valence-electron chi connectivity index (χ3n) is 2.87. The normalized spacial score (nSPS) is 15.4. The first-order chi connectivity index (χ1) is 7.73. The van der Waals surface area contributed by atoms with Crippen LogP contribution in [-0.4, -0.2) is 16.6 Å². The van der Waals surface area contributed by atoms with Crippen molar-refractivity contribution in [3.8, 4) is 0 Å². The molecule has 1 atom stereocenters. The van der Waals surface area contributed by atoms with Gasteiger partial charge in [0.2, 0.25) is 0 Å². The van der Waals surface area contributed by atoms with Crippen molar-refractivity contribution in [2.75, 3.05) is 6.61 Å². The number of hydrogen-bond acceptors (Lipinski definition) is 2. The molecule has 3 heteroatoms. The van der Waals surface area contributed by atoms with E-state index in [0.29, 0.717) is 0 Å². The first kappa shape index (κ1) is 13.4. The Balaban J connectivity index is 2.56. The minimum atomic E-state index is -0.859. The van der Waals surface area contributed by atoms with E-state index in [9.17, 15) is 0 Å². The molecule has 0 aliphatic heterocycles. The van der Waals surface area contributed by atoms with Gasteiger partial charge in [-0.15, -0.1) is 0 Å². The summed E-state index contributed by atoms with van der Waals surface area (Å²) in [5, 5.41) is 0. The van der Waals surface area contributed by atoms with Gasteiger partial charge in [0.05, 0.1) is 5.60 Å². The highest BCUT2D eigenvalue weighted by Crippen LogP contribution is 2.28. The predicted molar refractivity (Wildman–Crippen MR) is 70.0 cm³/mol. The van der Waals surface area contributed by atoms with Gasteiger partial charge >= 0.3 is 10.0 Å². The van der Waals surface area contributed by atoms with Gasteiger partial charge in [0.1, 0.15) is 0 Å². The van der Waals surface area contributed by atoms with Gasteiger partial charge in [-0.05, 0) is 25.3 Å². The maximum absolute atomic E-state index is 5.98. The molecule has 0 aliphatic rings. The molecule has 1 rings (SSSR count). The third-order valence-corrected chi connectivity index (χ3v) is 4.08. The van der Waals surface area contributed by atoms with Crippen LogP contribution in [0.5, 0.6) is 0 Å². The van der Waals surface area contributed by atoms with Gasteiger partial charge in [-0.25, -0.2) is 0 Å². The molecule has 1 aromatic carbocycles. The fourth-order valence-corrected chi connectivity index (χ4v) is 2.68. The summed E-state index contributed by atoms with van der Waals surface area (Å²) in [6.45, 7) is 7.23. The monoisotopic (exact) mass is 238 g/mol. The van der Waals surface area contributed by atoms with E-state index in [1.807, 2.05) is 6.07 Å². The van der Waals surface area contributed by atoms with Crippen LogP contribution in [-0.2, 0) is 14.5 Å². The highest BCUT2D eigenvalue weighted by Gasteiger charge is 2.24. The van der Waals surface area contributed by atoms with E-state index in [1.54, 1.807) is 0 Å². The Morgan fingerprint density at radius 2 is 1.88 bits per heavy atom. The van der Waals surface area contributed by atoms with Crippen molar-refractivity contribution in [3.63, 3.8) is 0 Å². The molecule has 90 valence electrons. The summed E-state index contributed by atoms with van der Waals surface area (Å²) < 4.78 is 11.5. The van der Waals surface area contributed by atoms with Crippen LogP contribution in [0.4, 0.5) is 0 Å². The third kappa shape index (κ3) is 3.74. The molecule has 0 heterocycles. The van der Waals surface area contributed by atoms with Gasteiger partial charge in [0.15, 0.2) is 0 Å². The van der Waals surface area contributed by atoms with Crippen LogP contribution >= 0.6 is 0 Å². The maximum Gasteiger partial charge on any atom is 0.305 e. The van der Waals surface area contributed by atoms with E-state index in [-0.39, 0.29) is 5.60 Å². The molecule has 0 fully saturated rings. The summed E-state index contributed by atoms with van der Waals surface area (Å²) >= 11 is 0. The summed E-state index contributed by atoms with van der Waals surface area (Å²) in [4.78, 5) is 0. The fraction of sp³-hybridized carbons (Fsp3) is 0.538. The molecular formula is C13H22O2Si. The van der Waals surface area contributed by atoms with Crippen LogP contribution in [0.1, 0.15) is 39.2 Å². The van der Waals surface area contributed by atoms with E-state index >= 15 is 0 Å². The summed E-state index contributed by atoms with van der Waals surface area (Å²) in [5.41, 5.74) is 1.06. The van der Waals surface area contributed by atoms with Crippen molar-refractivity contribution in [2.24, 2.45) is 0 Å². The smallest absolute Gasteiger partial charge is 0.305 e. The van der Waals surface area contributed by atoms with E-state index < -0.39 is 10.0 Å². The lowest BCUT2D eigenvalue weighted by Crippen LogP contribution is -2.28. The molecule has 0 aliphatic carbocycles. The lowest BCUT2D eigenvalue weighted by atomic mass is 9.94. The second-order valence-electron chi connectivity index (χ2n) is 4.12. The predicted octanol–water partition coefficient (Wildman–Crippen LogP) is 2.75. The highest BCUT2D eigenvalue weighted by atomic mass is 28.3. The van der Waals surface area contributed by atoms with Crippen molar-refractivity contribution in [3.05, 3.63) is 35.9 Å². The molecule has 0 saturated carbocycles. The van der Waals surface area contributed by atoms with Crippen LogP contribution < -0.4 is 0 Å². The van der Waals surface area contributed by atoms with Crippen molar-refractivity contribution in [2.45, 2.75) is 39.2 Å². The average molecular weight is 238 g/mol. The van der Waals surface area contributed by atoms with E-state index in [4.69, 9.17) is 8.85 Å². The minimum Gasteiger partial charge on any atom is -0.399 e. The first-order valence-electron chi connectivity index (χ1n) is 6.00. The summed E-state index contributed by atoms with van der Waals surface area (Å²) in [5.74, 6) is 0. The Morgan fingerprint density at radius 1 is 1.19 bits per heavy atom. The first-order valence-corrected chi connectivity index (χ1v) is 7.15. The zero-order valence-electron chi connectivity index (χ0n) is 10.5. The molecule has 1 aromatic rings. The summed E-state index contributed by atoms with van der Waals surface area (Å²) in [6.07, 6.45) is 2.03. The molecule has 2 nitrogen and oxygen atoms in total. The van der Waals surface area contributed by atoms with Gasteiger partial charge in [0, 0.05) is 6.61 Å². The average Bonchev–Trinajstić information content (AvgIpc) is 2.35. The van der Waals surface area contributed by atoms with Crippen LogP contribution in [0.2, 0.25) is 0 Å². The summed E-state index contributed by atoms with van der Waals surface area (Å²) in [6, 6.07) is 10.4. The summed E-state index contributed by atoms with van der Waals surface area (Å²) in [7, 11) is -0.859. The van der Waals surface area contributed by atoms with Gasteiger partial charge in [-0.1, -0.05) is 44.2 Å². The second-order valence-corrected chi connectivity index (χ2v) is 5.05. The molecule has 0 spiro atoms. The number of benzene rings is 1. The molecular weight excluding hydrogens is 216 g/mol. The SMILES string of the molecule is CCCO[SiH2]OC(C)(CC)c1ccccc1. The van der Waals surface area contributed by atoms with Crippen molar-refractivity contribution >= 4 is 10.0 Å². The number of hydrogen-bond donors (Lipinski definition) is 0. The Labute approximate surface area is 101 Å². The molecule has 0 N–H and O–H groups in total. The van der Waals surface area contributed by atoms with Gasteiger partial charge in [0.25, 0.3) is 0 Å². The van der Waals surface area contributed by atoms with E-state index in [1.165, 1.54) is 5.56 Å². The molecule has 16 heavy (non-hydrogen) atoms. The minimum absolute atomic E-state index is 0.179. The lowest BCUT2D eigenvalue weighted by Gasteiger charge is -2.29. The van der Waals surface area contributed by atoms with Gasteiger partial charge in [-0.2, -0.15) is 0 Å². The standard InChI is InChI=1S/C13H22O2Si/c1-4-11-14-16-15-13(3,5-2)12-9-7-6-8-10-12/h6-10H,4-5,11,16H2,1-3H3. The topological polar surface area (TPSA) is 18.5 Å². The second kappa shape index (κ2) is 6.84. The molecule has 0 radical (unpaired) electrons. The molecule has 0 saturated heterocycles. The zero-order chi connectivity index (χ0) is 11.9. The lowest BCUT2D eigenvalue weighted by molar-refractivity contribution is 0.0577. The largest absolute Gasteiger partial charge is 0.399 e. The van der Waals surface area contributed by atoms with Crippen LogP contribution in [0, 0.1) is 0 Å². The Bertz CT molecular complexity index is 289. The van der Waals surface area contributed by atoms with Crippen LogP contribution in [0.25, 0.3) is 0 Å². The van der Waals surface area contributed by atoms with Crippen molar-refractivity contribution in [1.82, 2.24) is 0 Å². The molecule has 0 amide bonds. The van der Waals surface area contributed by atoms with Crippen molar-refractivity contribution in [1.29, 1.82) is 0 Å². The maximum atomic E-state index is 5.98. The van der Waals surface area contributed by atoms with Gasteiger partial charge in [-0.3, -0.25) is 0 Å². The van der Waals surface area contributed by atoms with E-state index in [0.717, 1.165) is 19.4 Å². The van der Waals surface area contributed by atoms with E-state index in [2.05, 4.69) is 45.0 Å². The van der Waals surface area contributed by atoms with Gasteiger partial charge < -0.3 is 8.85 Å². The molecule has 0 aromatic heterocycles. The van der Waals surface area contributed by atoms with Crippen LogP contribution in [0.15, 0.2) is 30.3 Å². The fourth-order valence-electron chi connectivity index (χ4n) is 1.56. The molecule has 0 bridgehead atoms.